The zero-order valence-corrected chi connectivity index (χ0v) is 7.41. The third-order valence-corrected chi connectivity index (χ3v) is 1.98. The molecule has 0 aliphatic heterocycles. The van der Waals surface area contributed by atoms with Crippen LogP contribution in [0.3, 0.4) is 0 Å². The summed E-state index contributed by atoms with van der Waals surface area (Å²) < 4.78 is 28.8. The van der Waals surface area contributed by atoms with Crippen LogP contribution in [0.15, 0.2) is 0 Å². The van der Waals surface area contributed by atoms with Gasteiger partial charge in [-0.2, -0.15) is 8.42 Å². The van der Waals surface area contributed by atoms with Crippen molar-refractivity contribution in [3.63, 3.8) is 0 Å². The topological polar surface area (TPSA) is 123 Å². The van der Waals surface area contributed by atoms with Crippen LogP contribution < -0.4 is 11.5 Å². The number of nitrogens with two attached hydrogens (primary N) is 2. The average molecular weight is 196 g/mol. The fraction of sp³-hybridized carbons (Fsp3) is 0.800. The smallest absolute Gasteiger partial charge is 0.266 e. The Kier molecular flexibility index (Phi) is 3.78. The molecular weight excluding hydrogens is 184 g/mol. The van der Waals surface area contributed by atoms with Gasteiger partial charge in [-0.3, -0.25) is 9.35 Å². The molecule has 5 N–H and O–H groups in total. The van der Waals surface area contributed by atoms with Crippen LogP contribution in [0.2, 0.25) is 0 Å². The largest absolute Gasteiger partial charge is 0.322 e. The van der Waals surface area contributed by atoms with Crippen LogP contribution in [0.25, 0.3) is 0 Å². The van der Waals surface area contributed by atoms with Crippen LogP contribution in [0.5, 0.6) is 0 Å². The van der Waals surface area contributed by atoms with E-state index in [9.17, 15) is 13.2 Å². The minimum absolute atomic E-state index is 0.590. The Morgan fingerprint density at radius 1 is 1.50 bits per heavy atom. The zero-order chi connectivity index (χ0) is 9.94. The lowest BCUT2D eigenvalue weighted by Gasteiger charge is -2.10. The molecule has 0 amide bonds. The molecule has 2 atom stereocenters. The normalized spacial score (nSPS) is 17.0. The van der Waals surface area contributed by atoms with Crippen molar-refractivity contribution in [1.82, 2.24) is 0 Å². The molecule has 0 heterocycles. The maximum Gasteiger partial charge on any atom is 0.266 e. The molecule has 0 saturated heterocycles. The highest BCUT2D eigenvalue weighted by atomic mass is 32.2. The Balaban J connectivity index is 4.24. The predicted octanol–water partition coefficient (Wildman–Crippen LogP) is -1.88. The molecule has 0 radical (unpaired) electrons. The molecule has 72 valence electrons. The first-order valence-electron chi connectivity index (χ1n) is 3.24. The summed E-state index contributed by atoms with van der Waals surface area (Å²) in [5.74, 6) is -1.37. The lowest BCUT2D eigenvalue weighted by molar-refractivity contribution is -0.120. The summed E-state index contributed by atoms with van der Waals surface area (Å²) in [6.07, 6.45) is 0. The van der Waals surface area contributed by atoms with Crippen molar-refractivity contribution < 1.29 is 17.8 Å². The van der Waals surface area contributed by atoms with E-state index in [1.807, 2.05) is 0 Å². The van der Waals surface area contributed by atoms with E-state index in [4.69, 9.17) is 16.0 Å². The van der Waals surface area contributed by atoms with Gasteiger partial charge in [0, 0.05) is 0 Å². The second kappa shape index (κ2) is 3.94. The molecule has 0 aromatic rings. The average Bonchev–Trinajstić information content (AvgIpc) is 1.82. The molecular formula is C5H12N2O4S. The van der Waals surface area contributed by atoms with Crippen molar-refractivity contribution in [2.24, 2.45) is 11.5 Å². The third-order valence-electron chi connectivity index (χ3n) is 1.20. The molecule has 0 bridgehead atoms. The molecule has 0 aromatic carbocycles. The number of Topliss-reactive ketones (excluding diaryl/α,β-unsaturated/α-hetero) is 1. The number of carbonyl (C=O) groups is 1. The highest BCUT2D eigenvalue weighted by Gasteiger charge is 2.22. The molecule has 2 unspecified atom stereocenters. The second-order valence-corrected chi connectivity index (χ2v) is 4.04. The van der Waals surface area contributed by atoms with E-state index in [1.165, 1.54) is 6.92 Å². The maximum atomic E-state index is 10.9. The van der Waals surface area contributed by atoms with Gasteiger partial charge in [-0.25, -0.2) is 0 Å². The fourth-order valence-corrected chi connectivity index (χ4v) is 1.26. The van der Waals surface area contributed by atoms with Crippen molar-refractivity contribution in [3.8, 4) is 0 Å². The zero-order valence-electron chi connectivity index (χ0n) is 6.60. The number of carbonyl (C=O) groups excluding carboxylic acids is 1. The number of hydrogen-bond donors (Lipinski definition) is 3. The molecule has 6 nitrogen and oxygen atoms in total. The predicted molar refractivity (Wildman–Crippen MR) is 43.0 cm³/mol. The summed E-state index contributed by atoms with van der Waals surface area (Å²) in [7, 11) is -4.20. The summed E-state index contributed by atoms with van der Waals surface area (Å²) in [6.45, 7) is 1.40. The second-order valence-electron chi connectivity index (χ2n) is 2.55. The summed E-state index contributed by atoms with van der Waals surface area (Å²) in [6, 6.07) is -2.07. The van der Waals surface area contributed by atoms with Gasteiger partial charge >= 0.3 is 0 Å². The SMILES string of the molecule is CC(N)C(=O)C(N)CS(=O)(=O)O. The fourth-order valence-electron chi connectivity index (χ4n) is 0.647. The lowest BCUT2D eigenvalue weighted by Crippen LogP contribution is -2.45. The van der Waals surface area contributed by atoms with Crippen molar-refractivity contribution in [1.29, 1.82) is 0 Å². The minimum Gasteiger partial charge on any atom is -0.322 e. The van der Waals surface area contributed by atoms with Crippen LogP contribution in [-0.4, -0.2) is 36.6 Å². The lowest BCUT2D eigenvalue weighted by atomic mass is 10.1. The van der Waals surface area contributed by atoms with Crippen LogP contribution in [0, 0.1) is 0 Å². The van der Waals surface area contributed by atoms with E-state index in [0.29, 0.717) is 0 Å². The van der Waals surface area contributed by atoms with Gasteiger partial charge < -0.3 is 11.5 Å². The first-order valence-corrected chi connectivity index (χ1v) is 4.85. The molecule has 12 heavy (non-hydrogen) atoms. The quantitative estimate of drug-likeness (QED) is 0.452. The van der Waals surface area contributed by atoms with Crippen molar-refractivity contribution in [3.05, 3.63) is 0 Å². The molecule has 7 heteroatoms. The first-order chi connectivity index (χ1) is 5.24. The Bertz CT molecular complexity index is 259. The Labute approximate surface area is 70.7 Å². The van der Waals surface area contributed by atoms with E-state index in [-0.39, 0.29) is 0 Å². The summed E-state index contributed by atoms with van der Waals surface area (Å²) in [5.41, 5.74) is 10.3. The summed E-state index contributed by atoms with van der Waals surface area (Å²) in [5, 5.41) is 0. The van der Waals surface area contributed by atoms with Gasteiger partial charge in [-0.1, -0.05) is 0 Å². The van der Waals surface area contributed by atoms with Gasteiger partial charge in [-0.05, 0) is 6.92 Å². The van der Waals surface area contributed by atoms with Crippen LogP contribution in [0.4, 0.5) is 0 Å². The van der Waals surface area contributed by atoms with E-state index in [2.05, 4.69) is 0 Å². The highest BCUT2D eigenvalue weighted by Crippen LogP contribution is 1.92. The Morgan fingerprint density at radius 3 is 2.17 bits per heavy atom. The molecule has 0 aliphatic rings. The van der Waals surface area contributed by atoms with E-state index in [0.717, 1.165) is 0 Å². The van der Waals surface area contributed by atoms with Crippen LogP contribution >= 0.6 is 0 Å². The monoisotopic (exact) mass is 196 g/mol. The number of hydrogen-bond acceptors (Lipinski definition) is 5. The van der Waals surface area contributed by atoms with Crippen LogP contribution in [0.1, 0.15) is 6.92 Å². The summed E-state index contributed by atoms with van der Waals surface area (Å²) >= 11 is 0. The van der Waals surface area contributed by atoms with Crippen molar-refractivity contribution in [2.45, 2.75) is 19.0 Å². The highest BCUT2D eigenvalue weighted by molar-refractivity contribution is 7.85. The van der Waals surface area contributed by atoms with Crippen molar-refractivity contribution in [2.75, 3.05) is 5.75 Å². The first kappa shape index (κ1) is 11.5. The molecule has 0 rings (SSSR count). The number of ketones is 1. The van der Waals surface area contributed by atoms with E-state index >= 15 is 0 Å². The van der Waals surface area contributed by atoms with Gasteiger partial charge in [-0.15, -0.1) is 0 Å². The molecule has 0 fully saturated rings. The Hall–Kier alpha value is -0.500. The van der Waals surface area contributed by atoms with Gasteiger partial charge in [0.25, 0.3) is 10.1 Å². The standard InChI is InChI=1S/C5H12N2O4S/c1-3(6)5(8)4(7)2-12(9,10)11/h3-4H,2,6-7H2,1H3,(H,9,10,11). The maximum absolute atomic E-state index is 10.9. The van der Waals surface area contributed by atoms with Crippen molar-refractivity contribution >= 4 is 15.9 Å². The van der Waals surface area contributed by atoms with Gasteiger partial charge in [0.1, 0.15) is 0 Å². The van der Waals surface area contributed by atoms with E-state index < -0.39 is 33.7 Å². The minimum atomic E-state index is -4.20. The van der Waals surface area contributed by atoms with Gasteiger partial charge in [0.2, 0.25) is 0 Å². The Morgan fingerprint density at radius 2 is 1.92 bits per heavy atom. The molecule has 0 spiro atoms. The molecule has 0 aromatic heterocycles. The summed E-state index contributed by atoms with van der Waals surface area (Å²) in [4.78, 5) is 10.9. The van der Waals surface area contributed by atoms with Crippen LogP contribution in [-0.2, 0) is 14.9 Å². The third kappa shape index (κ3) is 4.39. The van der Waals surface area contributed by atoms with Gasteiger partial charge in [0.15, 0.2) is 5.78 Å². The number of rotatable bonds is 4. The van der Waals surface area contributed by atoms with E-state index in [1.54, 1.807) is 0 Å². The van der Waals surface area contributed by atoms with Gasteiger partial charge in [0.05, 0.1) is 17.8 Å². The molecule has 0 saturated carbocycles. The molecule has 0 aliphatic carbocycles.